The molecule has 1 fully saturated rings. The van der Waals surface area contributed by atoms with Gasteiger partial charge in [-0.25, -0.2) is 18.2 Å². The maximum absolute atomic E-state index is 13.5. The van der Waals surface area contributed by atoms with Crippen LogP contribution in [0, 0.1) is 13.8 Å². The van der Waals surface area contributed by atoms with Gasteiger partial charge in [0.25, 0.3) is 5.91 Å². The van der Waals surface area contributed by atoms with E-state index in [1.54, 1.807) is 49.2 Å². The molecule has 2 unspecified atom stereocenters. The van der Waals surface area contributed by atoms with E-state index >= 15 is 0 Å². The number of carbonyl (C=O) groups excluding carboxylic acids is 2. The number of amides is 2. The third-order valence-corrected chi connectivity index (χ3v) is 10.9. The fraction of sp³-hybridized carbons (Fsp3) is 0.289. The Hall–Kier alpha value is -5.80. The molecule has 0 aliphatic carbocycles. The molecule has 2 aliphatic rings. The van der Waals surface area contributed by atoms with E-state index < -0.39 is 52.2 Å². The smallest absolute Gasteiger partial charge is 0.410 e. The summed E-state index contributed by atoms with van der Waals surface area (Å²) in [5.74, 6) is -1.58. The number of hydrogen-bond acceptors (Lipinski definition) is 10. The summed E-state index contributed by atoms with van der Waals surface area (Å²) >= 11 is 0. The zero-order chi connectivity index (χ0) is 37.6. The van der Waals surface area contributed by atoms with E-state index in [2.05, 4.69) is 25.5 Å². The zero-order valence-corrected chi connectivity index (χ0v) is 30.0. The van der Waals surface area contributed by atoms with Crippen LogP contribution >= 0.6 is 0 Å². The number of ether oxygens (including phenoxy) is 1. The average Bonchev–Trinajstić information content (AvgIpc) is 3.74. The van der Waals surface area contributed by atoms with Crippen LogP contribution in [0.2, 0.25) is 0 Å². The highest BCUT2D eigenvalue weighted by atomic mass is 32.2. The van der Waals surface area contributed by atoms with E-state index in [-0.39, 0.29) is 30.2 Å². The van der Waals surface area contributed by atoms with E-state index in [1.807, 2.05) is 66.7 Å². The zero-order valence-electron chi connectivity index (χ0n) is 29.2. The second-order valence-corrected chi connectivity index (χ2v) is 14.8. The number of sulfonamides is 1. The van der Waals surface area contributed by atoms with E-state index in [0.29, 0.717) is 29.9 Å². The molecule has 1 saturated heterocycles. The Morgan fingerprint density at radius 3 is 2.32 bits per heavy atom. The lowest BCUT2D eigenvalue weighted by Gasteiger charge is -2.24. The molecular weight excluding hydrogens is 701 g/mol. The number of aryl methyl sites for hydroxylation is 2. The number of carboxylic acids is 1. The summed E-state index contributed by atoms with van der Waals surface area (Å²) in [7, 11) is -4.32. The van der Waals surface area contributed by atoms with Gasteiger partial charge in [-0.15, -0.1) is 0 Å². The fourth-order valence-electron chi connectivity index (χ4n) is 6.66. The SMILES string of the molecule is Cc1cc(-c2ccccc2)cc(C)c1S(=O)(=O)NC(CNC(=O)C1=NO[C@]2(C1)CC(CNc1ccccn1)N(C(=O)OCc1ccccc1)C2)C(=O)O. The molecule has 0 saturated carbocycles. The second-order valence-electron chi connectivity index (χ2n) is 13.1. The molecule has 0 bridgehead atoms. The van der Waals surface area contributed by atoms with Crippen molar-refractivity contribution in [3.63, 3.8) is 0 Å². The third kappa shape index (κ3) is 8.81. The lowest BCUT2D eigenvalue weighted by Crippen LogP contribution is -2.49. The van der Waals surface area contributed by atoms with E-state index in [4.69, 9.17) is 9.57 Å². The Labute approximate surface area is 307 Å². The number of nitrogens with one attached hydrogen (secondary N) is 3. The standard InChI is InChI=1S/C38H40N6O8S/c1-25-17-29(28-13-7-4-8-14-28)18-26(2)34(25)53(49,50)43-32(36(46)47)22-41-35(45)31-20-38(52-42-31)19-30(21-40-33-15-9-10-16-39-33)44(24-38)37(48)51-23-27-11-5-3-6-12-27/h3-18,30,32,43H,19-24H2,1-2H3,(H,39,40)(H,41,45)(H,46,47)/t30?,32?,38-/m0/s1. The summed E-state index contributed by atoms with van der Waals surface area (Å²) in [4.78, 5) is 50.5. The second kappa shape index (κ2) is 15.8. The summed E-state index contributed by atoms with van der Waals surface area (Å²) in [6.45, 7) is 3.19. The van der Waals surface area contributed by atoms with Crippen molar-refractivity contribution >= 4 is 39.5 Å². The number of carboxylic acid groups (broad SMARTS) is 1. The van der Waals surface area contributed by atoms with Crippen molar-refractivity contribution in [1.82, 2.24) is 19.9 Å². The summed E-state index contributed by atoms with van der Waals surface area (Å²) in [6.07, 6.45) is 1.43. The number of aromatic nitrogens is 1. The molecule has 276 valence electrons. The van der Waals surface area contributed by atoms with Crippen LogP contribution < -0.4 is 15.4 Å². The van der Waals surface area contributed by atoms with Gasteiger partial charge in [-0.05, 0) is 53.8 Å². The fourth-order valence-corrected chi connectivity index (χ4v) is 8.31. The number of aliphatic carboxylic acids is 1. The van der Waals surface area contributed by atoms with Crippen molar-refractivity contribution in [1.29, 1.82) is 0 Å². The van der Waals surface area contributed by atoms with Crippen molar-refractivity contribution in [3.05, 3.63) is 114 Å². The van der Waals surface area contributed by atoms with Gasteiger partial charge >= 0.3 is 12.1 Å². The van der Waals surface area contributed by atoms with Crippen molar-refractivity contribution < 1.29 is 37.5 Å². The van der Waals surface area contributed by atoms with Crippen LogP contribution in [0.5, 0.6) is 0 Å². The molecule has 3 atom stereocenters. The number of carbonyl (C=O) groups is 3. The lowest BCUT2D eigenvalue weighted by atomic mass is 9.94. The van der Waals surface area contributed by atoms with Crippen molar-refractivity contribution in [2.45, 2.75) is 55.9 Å². The molecule has 3 heterocycles. The lowest BCUT2D eigenvalue weighted by molar-refractivity contribution is -0.138. The van der Waals surface area contributed by atoms with Gasteiger partial charge in [0, 0.05) is 32.1 Å². The van der Waals surface area contributed by atoms with Crippen molar-refractivity contribution in [2.24, 2.45) is 5.16 Å². The van der Waals surface area contributed by atoms with Gasteiger partial charge in [0.05, 0.1) is 17.5 Å². The molecule has 15 heteroatoms. The third-order valence-electron chi connectivity index (χ3n) is 9.13. The maximum Gasteiger partial charge on any atom is 0.410 e. The number of hydrogen-bond donors (Lipinski definition) is 4. The number of likely N-dealkylation sites (tertiary alicyclic amines) is 1. The van der Waals surface area contributed by atoms with Gasteiger partial charge in [0.15, 0.2) is 5.60 Å². The Morgan fingerprint density at radius 1 is 0.981 bits per heavy atom. The minimum absolute atomic E-state index is 0.0175. The molecule has 2 aliphatic heterocycles. The predicted molar refractivity (Wildman–Crippen MR) is 196 cm³/mol. The first kappa shape index (κ1) is 37.0. The van der Waals surface area contributed by atoms with Crippen LogP contribution in [-0.2, 0) is 35.8 Å². The van der Waals surface area contributed by atoms with Crippen molar-refractivity contribution in [3.8, 4) is 11.1 Å². The Morgan fingerprint density at radius 2 is 1.66 bits per heavy atom. The van der Waals surface area contributed by atoms with Crippen LogP contribution in [0.25, 0.3) is 11.1 Å². The number of benzene rings is 3. The van der Waals surface area contributed by atoms with Gasteiger partial charge in [0.2, 0.25) is 10.0 Å². The Kier molecular flexibility index (Phi) is 11.0. The summed E-state index contributed by atoms with van der Waals surface area (Å²) < 4.78 is 34.9. The van der Waals surface area contributed by atoms with E-state index in [1.165, 1.54) is 0 Å². The predicted octanol–water partition coefficient (Wildman–Crippen LogP) is 4.25. The average molecular weight is 741 g/mol. The Bertz CT molecular complexity index is 2080. The number of rotatable bonds is 13. The van der Waals surface area contributed by atoms with Gasteiger partial charge < -0.3 is 25.3 Å². The van der Waals surface area contributed by atoms with E-state index in [0.717, 1.165) is 16.7 Å². The highest BCUT2D eigenvalue weighted by Gasteiger charge is 2.53. The molecule has 2 amide bonds. The van der Waals surface area contributed by atoms with Crippen molar-refractivity contribution in [2.75, 3.05) is 25.0 Å². The summed E-state index contributed by atoms with van der Waals surface area (Å²) in [6, 6.07) is 25.5. The topological polar surface area (TPSA) is 189 Å². The first-order chi connectivity index (χ1) is 25.4. The largest absolute Gasteiger partial charge is 0.480 e. The summed E-state index contributed by atoms with van der Waals surface area (Å²) in [5, 5.41) is 19.7. The molecule has 1 aromatic heterocycles. The number of anilines is 1. The van der Waals surface area contributed by atoms with Crippen LogP contribution in [0.4, 0.5) is 10.6 Å². The van der Waals surface area contributed by atoms with Gasteiger partial charge in [-0.1, -0.05) is 84.0 Å². The number of nitrogens with zero attached hydrogens (tertiary/aromatic N) is 3. The van der Waals surface area contributed by atoms with Gasteiger partial charge in [-0.2, -0.15) is 4.72 Å². The molecule has 0 radical (unpaired) electrons. The quantitative estimate of drug-likeness (QED) is 0.154. The van der Waals surface area contributed by atoms with Gasteiger partial charge in [-0.3, -0.25) is 14.5 Å². The van der Waals surface area contributed by atoms with Crippen LogP contribution in [-0.4, -0.2) is 84.4 Å². The highest BCUT2D eigenvalue weighted by molar-refractivity contribution is 7.89. The van der Waals surface area contributed by atoms with Crippen LogP contribution in [0.3, 0.4) is 0 Å². The molecule has 53 heavy (non-hydrogen) atoms. The molecular formula is C38H40N6O8S. The van der Waals surface area contributed by atoms with Crippen LogP contribution in [0.1, 0.15) is 29.5 Å². The molecule has 14 nitrogen and oxygen atoms in total. The first-order valence-corrected chi connectivity index (χ1v) is 18.5. The first-order valence-electron chi connectivity index (χ1n) is 17.0. The van der Waals surface area contributed by atoms with E-state index in [9.17, 15) is 27.9 Å². The number of pyridine rings is 1. The number of oxime groups is 1. The monoisotopic (exact) mass is 740 g/mol. The Balaban J connectivity index is 1.09. The molecule has 4 N–H and O–H groups in total. The maximum atomic E-state index is 13.5. The molecule has 3 aromatic carbocycles. The highest BCUT2D eigenvalue weighted by Crippen LogP contribution is 2.38. The minimum Gasteiger partial charge on any atom is -0.480 e. The molecule has 6 rings (SSSR count). The molecule has 1 spiro atoms. The normalized spacial score (nSPS) is 18.6. The van der Waals surface area contributed by atoms with Crippen LogP contribution in [0.15, 0.2) is 107 Å². The minimum atomic E-state index is -4.32. The van der Waals surface area contributed by atoms with Gasteiger partial charge in [0.1, 0.15) is 24.2 Å². The summed E-state index contributed by atoms with van der Waals surface area (Å²) in [5.41, 5.74) is 2.38. The molecule has 4 aromatic rings.